The van der Waals surface area contributed by atoms with Crippen LogP contribution in [0.25, 0.3) is 10.9 Å². The largest absolute Gasteiger partial charge is 0.481 e. The molecule has 0 fully saturated rings. The third kappa shape index (κ3) is 2.85. The van der Waals surface area contributed by atoms with E-state index in [9.17, 15) is 4.79 Å². The number of benzene rings is 1. The van der Waals surface area contributed by atoms with E-state index in [1.807, 2.05) is 0 Å². The Bertz CT molecular complexity index is 719. The number of hydrogen-bond acceptors (Lipinski definition) is 2. The van der Waals surface area contributed by atoms with E-state index in [1.54, 1.807) is 0 Å². The van der Waals surface area contributed by atoms with Gasteiger partial charge in [-0.1, -0.05) is 19.9 Å². The van der Waals surface area contributed by atoms with Gasteiger partial charge in [0.25, 0.3) is 0 Å². The predicted molar refractivity (Wildman–Crippen MR) is 88.4 cm³/mol. The molecule has 3 nitrogen and oxygen atoms in total. The highest BCUT2D eigenvalue weighted by Gasteiger charge is 2.19. The first-order chi connectivity index (χ1) is 10.6. The van der Waals surface area contributed by atoms with E-state index in [-0.39, 0.29) is 6.42 Å². The molecule has 116 valence electrons. The second-order valence-electron chi connectivity index (χ2n) is 6.55. The first-order valence-electron chi connectivity index (χ1n) is 8.22. The van der Waals surface area contributed by atoms with E-state index >= 15 is 0 Å². The molecule has 0 amide bonds. The van der Waals surface area contributed by atoms with Crippen molar-refractivity contribution in [3.05, 3.63) is 40.6 Å². The molecule has 3 heteroatoms. The summed E-state index contributed by atoms with van der Waals surface area (Å²) in [5.74, 6) is -0.262. The molecule has 22 heavy (non-hydrogen) atoms. The van der Waals surface area contributed by atoms with Crippen LogP contribution in [-0.4, -0.2) is 16.1 Å². The van der Waals surface area contributed by atoms with Crippen molar-refractivity contribution in [2.45, 2.75) is 58.3 Å². The topological polar surface area (TPSA) is 50.2 Å². The highest BCUT2D eigenvalue weighted by atomic mass is 16.4. The molecule has 2 aromatic rings. The molecular formula is C19H23NO2. The second-order valence-corrected chi connectivity index (χ2v) is 6.55. The lowest BCUT2D eigenvalue weighted by Crippen LogP contribution is -2.11. The first kappa shape index (κ1) is 15.0. The average molecular weight is 297 g/mol. The number of aromatic nitrogens is 1. The molecule has 1 heterocycles. The van der Waals surface area contributed by atoms with E-state index in [0.717, 1.165) is 23.7 Å². The van der Waals surface area contributed by atoms with Crippen molar-refractivity contribution in [2.24, 2.45) is 0 Å². The zero-order valence-electron chi connectivity index (χ0n) is 13.4. The molecule has 0 radical (unpaired) electrons. The van der Waals surface area contributed by atoms with Gasteiger partial charge in [0.2, 0.25) is 0 Å². The van der Waals surface area contributed by atoms with Crippen LogP contribution >= 0.6 is 0 Å². The van der Waals surface area contributed by atoms with Gasteiger partial charge in [-0.05, 0) is 66.8 Å². The molecular weight excluding hydrogens is 274 g/mol. The maximum Gasteiger partial charge on any atom is 0.303 e. The van der Waals surface area contributed by atoms with Gasteiger partial charge in [-0.25, -0.2) is 0 Å². The summed E-state index contributed by atoms with van der Waals surface area (Å²) in [6.07, 6.45) is 5.24. The summed E-state index contributed by atoms with van der Waals surface area (Å²) in [7, 11) is 0. The van der Waals surface area contributed by atoms with Gasteiger partial charge in [0.15, 0.2) is 0 Å². The van der Waals surface area contributed by atoms with Crippen molar-refractivity contribution in [1.82, 2.24) is 4.98 Å². The average Bonchev–Trinajstić information content (AvgIpc) is 2.50. The van der Waals surface area contributed by atoms with Gasteiger partial charge in [0.1, 0.15) is 0 Å². The fourth-order valence-electron chi connectivity index (χ4n) is 3.42. The molecule has 1 aromatic heterocycles. The Morgan fingerprint density at radius 2 is 2.05 bits per heavy atom. The third-order valence-corrected chi connectivity index (χ3v) is 4.66. The van der Waals surface area contributed by atoms with Crippen molar-refractivity contribution in [1.29, 1.82) is 0 Å². The van der Waals surface area contributed by atoms with Crippen LogP contribution < -0.4 is 0 Å². The maximum atomic E-state index is 11.0. The SMILES string of the molecule is CC(C)c1ccc2nc3c(c(CCC(=O)O)c2c1)CCCC3. The van der Waals surface area contributed by atoms with Crippen LogP contribution in [0.3, 0.4) is 0 Å². The minimum atomic E-state index is -0.727. The Hall–Kier alpha value is -1.90. The van der Waals surface area contributed by atoms with Gasteiger partial charge in [-0.2, -0.15) is 0 Å². The summed E-state index contributed by atoms with van der Waals surface area (Å²) in [5.41, 5.74) is 6.05. The minimum Gasteiger partial charge on any atom is -0.481 e. The lowest BCUT2D eigenvalue weighted by molar-refractivity contribution is -0.136. The quantitative estimate of drug-likeness (QED) is 0.917. The summed E-state index contributed by atoms with van der Waals surface area (Å²) in [6.45, 7) is 4.37. The molecule has 1 aromatic carbocycles. The molecule has 0 unspecified atom stereocenters. The van der Waals surface area contributed by atoms with Crippen LogP contribution in [0.2, 0.25) is 0 Å². The molecule has 0 bridgehead atoms. The predicted octanol–water partition coefficient (Wildman–Crippen LogP) is 4.25. The number of carbonyl (C=O) groups is 1. The summed E-state index contributed by atoms with van der Waals surface area (Å²) < 4.78 is 0. The summed E-state index contributed by atoms with van der Waals surface area (Å²) in [5, 5.41) is 10.2. The van der Waals surface area contributed by atoms with Crippen molar-refractivity contribution in [3.8, 4) is 0 Å². The smallest absolute Gasteiger partial charge is 0.303 e. The summed E-state index contributed by atoms with van der Waals surface area (Å²) in [4.78, 5) is 15.9. The Morgan fingerprint density at radius 3 is 2.77 bits per heavy atom. The zero-order valence-corrected chi connectivity index (χ0v) is 13.4. The number of nitrogens with zero attached hydrogens (tertiary/aromatic N) is 1. The van der Waals surface area contributed by atoms with Crippen LogP contribution in [0.4, 0.5) is 0 Å². The van der Waals surface area contributed by atoms with E-state index in [2.05, 4.69) is 32.0 Å². The molecule has 1 aliphatic rings. The molecule has 3 rings (SSSR count). The van der Waals surface area contributed by atoms with Gasteiger partial charge in [-0.3, -0.25) is 9.78 Å². The fraction of sp³-hybridized carbons (Fsp3) is 0.474. The van der Waals surface area contributed by atoms with Crippen LogP contribution in [0, 0.1) is 0 Å². The number of carboxylic acid groups (broad SMARTS) is 1. The second kappa shape index (κ2) is 6.07. The third-order valence-electron chi connectivity index (χ3n) is 4.66. The molecule has 0 saturated carbocycles. The summed E-state index contributed by atoms with van der Waals surface area (Å²) >= 11 is 0. The van der Waals surface area contributed by atoms with Gasteiger partial charge in [0.05, 0.1) is 5.52 Å². The van der Waals surface area contributed by atoms with Crippen LogP contribution in [0.5, 0.6) is 0 Å². The Labute approximate surface area is 131 Å². The lowest BCUT2D eigenvalue weighted by Gasteiger charge is -2.21. The lowest BCUT2D eigenvalue weighted by atomic mass is 9.87. The van der Waals surface area contributed by atoms with Crippen molar-refractivity contribution >= 4 is 16.9 Å². The van der Waals surface area contributed by atoms with E-state index in [0.29, 0.717) is 12.3 Å². The molecule has 0 spiro atoms. The molecule has 1 N–H and O–H groups in total. The van der Waals surface area contributed by atoms with Gasteiger partial charge in [-0.15, -0.1) is 0 Å². The number of fused-ring (bicyclic) bond motifs is 2. The molecule has 1 aliphatic carbocycles. The van der Waals surface area contributed by atoms with Crippen molar-refractivity contribution in [2.75, 3.05) is 0 Å². The first-order valence-corrected chi connectivity index (χ1v) is 8.22. The van der Waals surface area contributed by atoms with E-state index < -0.39 is 5.97 Å². The monoisotopic (exact) mass is 297 g/mol. The van der Waals surface area contributed by atoms with Crippen LogP contribution in [0.1, 0.15) is 61.4 Å². The molecule has 0 saturated heterocycles. The molecule has 0 aliphatic heterocycles. The number of pyridine rings is 1. The highest BCUT2D eigenvalue weighted by molar-refractivity contribution is 5.85. The van der Waals surface area contributed by atoms with Gasteiger partial charge < -0.3 is 5.11 Å². The highest BCUT2D eigenvalue weighted by Crippen LogP contribution is 2.31. The van der Waals surface area contributed by atoms with Crippen molar-refractivity contribution < 1.29 is 9.90 Å². The summed E-state index contributed by atoms with van der Waals surface area (Å²) in [6, 6.07) is 6.47. The number of aryl methyl sites for hydroxylation is 2. The number of carboxylic acids is 1. The Morgan fingerprint density at radius 1 is 1.27 bits per heavy atom. The normalized spacial score (nSPS) is 14.3. The standard InChI is InChI=1S/C19H23NO2/c1-12(2)13-7-9-18-16(11-13)14(8-10-19(21)22)15-5-3-4-6-17(15)20-18/h7,9,11-12H,3-6,8,10H2,1-2H3,(H,21,22). The number of hydrogen-bond donors (Lipinski definition) is 1. The minimum absolute atomic E-state index is 0.192. The number of rotatable bonds is 4. The van der Waals surface area contributed by atoms with E-state index in [4.69, 9.17) is 10.1 Å². The zero-order chi connectivity index (χ0) is 15.7. The van der Waals surface area contributed by atoms with Crippen LogP contribution in [-0.2, 0) is 24.1 Å². The van der Waals surface area contributed by atoms with Crippen molar-refractivity contribution in [3.63, 3.8) is 0 Å². The number of aliphatic carboxylic acids is 1. The molecule has 0 atom stereocenters. The Kier molecular flexibility index (Phi) is 4.14. The maximum absolute atomic E-state index is 11.0. The van der Waals surface area contributed by atoms with Gasteiger partial charge in [0, 0.05) is 17.5 Å². The van der Waals surface area contributed by atoms with E-state index in [1.165, 1.54) is 35.2 Å². The Balaban J connectivity index is 2.18. The fourth-order valence-corrected chi connectivity index (χ4v) is 3.42. The van der Waals surface area contributed by atoms with Gasteiger partial charge >= 0.3 is 5.97 Å². The van der Waals surface area contributed by atoms with Crippen LogP contribution in [0.15, 0.2) is 18.2 Å².